The molecule has 0 saturated carbocycles. The highest BCUT2D eigenvalue weighted by atomic mass is 35.5. The summed E-state index contributed by atoms with van der Waals surface area (Å²) in [5.41, 5.74) is 1.73. The number of furan rings is 1. The van der Waals surface area contributed by atoms with E-state index in [0.717, 1.165) is 22.3 Å². The van der Waals surface area contributed by atoms with Crippen LogP contribution in [0, 0.1) is 0 Å². The molecule has 0 spiro atoms. The molecule has 2 aromatic heterocycles. The van der Waals surface area contributed by atoms with Crippen LogP contribution in [0.3, 0.4) is 0 Å². The first-order valence-electron chi connectivity index (χ1n) is 6.58. The largest absolute Gasteiger partial charge is 0.481 e. The van der Waals surface area contributed by atoms with Gasteiger partial charge < -0.3 is 14.5 Å². The zero-order chi connectivity index (χ0) is 14.8. The third kappa shape index (κ3) is 2.60. The van der Waals surface area contributed by atoms with Gasteiger partial charge in [0.15, 0.2) is 0 Å². The van der Waals surface area contributed by atoms with Gasteiger partial charge >= 0.3 is 0 Å². The second-order valence-electron chi connectivity index (χ2n) is 4.65. The van der Waals surface area contributed by atoms with Crippen LogP contribution in [-0.4, -0.2) is 19.1 Å². The first kappa shape index (κ1) is 13.9. The maximum Gasteiger partial charge on any atom is 0.218 e. The molecule has 0 radical (unpaired) electrons. The van der Waals surface area contributed by atoms with E-state index in [0.29, 0.717) is 10.9 Å². The summed E-state index contributed by atoms with van der Waals surface area (Å²) in [6.07, 6.45) is 1.70. The Kier molecular flexibility index (Phi) is 3.82. The summed E-state index contributed by atoms with van der Waals surface area (Å²) in [6, 6.07) is 11.3. The molecule has 2 heterocycles. The summed E-state index contributed by atoms with van der Waals surface area (Å²) >= 11 is 6.02. The normalized spacial score (nSPS) is 12.5. The monoisotopic (exact) mass is 302 g/mol. The van der Waals surface area contributed by atoms with Crippen molar-refractivity contribution in [3.8, 4) is 5.88 Å². The van der Waals surface area contributed by atoms with Crippen LogP contribution < -0.4 is 10.1 Å². The van der Waals surface area contributed by atoms with Gasteiger partial charge in [-0.25, -0.2) is 4.98 Å². The second kappa shape index (κ2) is 5.76. The van der Waals surface area contributed by atoms with E-state index in [9.17, 15) is 0 Å². The minimum absolute atomic E-state index is 0.139. The number of hydrogen-bond donors (Lipinski definition) is 1. The Hall–Kier alpha value is -2.04. The van der Waals surface area contributed by atoms with Crippen molar-refractivity contribution in [1.82, 2.24) is 10.3 Å². The smallest absolute Gasteiger partial charge is 0.218 e. The van der Waals surface area contributed by atoms with E-state index in [1.54, 1.807) is 13.3 Å². The summed E-state index contributed by atoms with van der Waals surface area (Å²) in [7, 11) is 3.48. The fourth-order valence-corrected chi connectivity index (χ4v) is 2.60. The summed E-state index contributed by atoms with van der Waals surface area (Å²) in [5.74, 6) is 1.37. The Morgan fingerprint density at radius 1 is 1.29 bits per heavy atom. The van der Waals surface area contributed by atoms with Crippen molar-refractivity contribution in [3.05, 3.63) is 58.9 Å². The van der Waals surface area contributed by atoms with Gasteiger partial charge in [-0.3, -0.25) is 0 Å². The molecule has 1 unspecified atom stereocenters. The molecule has 3 aromatic rings. The number of pyridine rings is 1. The fraction of sp³-hybridized carbons (Fsp3) is 0.188. The Morgan fingerprint density at radius 3 is 2.90 bits per heavy atom. The lowest BCUT2D eigenvalue weighted by Crippen LogP contribution is -2.18. The van der Waals surface area contributed by atoms with E-state index in [-0.39, 0.29) is 6.04 Å². The first-order chi connectivity index (χ1) is 10.2. The number of aromatic nitrogens is 1. The van der Waals surface area contributed by atoms with E-state index < -0.39 is 0 Å². The molecule has 1 atom stereocenters. The average Bonchev–Trinajstić information content (AvgIpc) is 2.91. The predicted octanol–water partition coefficient (Wildman–Crippen LogP) is 3.80. The number of ether oxygens (including phenoxy) is 1. The Balaban J connectivity index is 2.09. The van der Waals surface area contributed by atoms with Crippen LogP contribution in [0.15, 0.2) is 47.0 Å². The highest BCUT2D eigenvalue weighted by Gasteiger charge is 2.21. The molecule has 0 amide bonds. The molecule has 0 aliphatic heterocycles. The lowest BCUT2D eigenvalue weighted by atomic mass is 10.1. The molecular formula is C16H15ClN2O2. The molecule has 1 aromatic carbocycles. The van der Waals surface area contributed by atoms with E-state index >= 15 is 0 Å². The number of methoxy groups -OCH3 is 1. The van der Waals surface area contributed by atoms with Crippen molar-refractivity contribution in [1.29, 1.82) is 0 Å². The average molecular weight is 303 g/mol. The molecule has 4 nitrogen and oxygen atoms in total. The van der Waals surface area contributed by atoms with Crippen LogP contribution in [0.2, 0.25) is 5.02 Å². The number of nitrogens with zero attached hydrogens (tertiary/aromatic N) is 1. The molecule has 3 rings (SSSR count). The van der Waals surface area contributed by atoms with E-state index in [1.807, 2.05) is 43.4 Å². The zero-order valence-electron chi connectivity index (χ0n) is 11.8. The maximum atomic E-state index is 6.02. The topological polar surface area (TPSA) is 47.3 Å². The molecule has 0 aliphatic carbocycles. The van der Waals surface area contributed by atoms with Gasteiger partial charge in [0.05, 0.1) is 13.2 Å². The van der Waals surface area contributed by atoms with Gasteiger partial charge in [-0.05, 0) is 37.4 Å². The van der Waals surface area contributed by atoms with Crippen LogP contribution in [0.4, 0.5) is 0 Å². The standard InChI is InChI=1S/C16H15ClN2O2/c1-18-15(12-4-3-7-19-16(12)20-2)14-9-10-8-11(17)5-6-13(10)21-14/h3-9,15,18H,1-2H3. The lowest BCUT2D eigenvalue weighted by molar-refractivity contribution is 0.383. The quantitative estimate of drug-likeness (QED) is 0.796. The molecule has 5 heteroatoms. The van der Waals surface area contributed by atoms with Crippen molar-refractivity contribution in [3.63, 3.8) is 0 Å². The van der Waals surface area contributed by atoms with Crippen molar-refractivity contribution >= 4 is 22.6 Å². The van der Waals surface area contributed by atoms with Gasteiger partial charge in [0.2, 0.25) is 5.88 Å². The van der Waals surface area contributed by atoms with Crippen LogP contribution in [0.25, 0.3) is 11.0 Å². The summed E-state index contributed by atoms with van der Waals surface area (Å²) < 4.78 is 11.3. The number of fused-ring (bicyclic) bond motifs is 1. The van der Waals surface area contributed by atoms with Gasteiger partial charge in [0, 0.05) is 22.2 Å². The van der Waals surface area contributed by atoms with E-state index in [1.165, 1.54) is 0 Å². The Labute approximate surface area is 127 Å². The highest BCUT2D eigenvalue weighted by molar-refractivity contribution is 6.31. The SMILES string of the molecule is CNC(c1cc2cc(Cl)ccc2o1)c1cccnc1OC. The first-order valence-corrected chi connectivity index (χ1v) is 6.96. The summed E-state index contributed by atoms with van der Waals surface area (Å²) in [5, 5.41) is 4.90. The number of benzene rings is 1. The molecule has 0 bridgehead atoms. The zero-order valence-corrected chi connectivity index (χ0v) is 12.5. The Bertz CT molecular complexity index is 770. The molecule has 21 heavy (non-hydrogen) atoms. The van der Waals surface area contributed by atoms with Gasteiger partial charge in [-0.15, -0.1) is 0 Å². The molecule has 0 saturated heterocycles. The van der Waals surface area contributed by atoms with Crippen molar-refractivity contribution in [2.24, 2.45) is 0 Å². The van der Waals surface area contributed by atoms with Crippen LogP contribution in [0.5, 0.6) is 5.88 Å². The number of hydrogen-bond acceptors (Lipinski definition) is 4. The van der Waals surface area contributed by atoms with E-state index in [4.69, 9.17) is 20.8 Å². The minimum atomic E-state index is -0.139. The van der Waals surface area contributed by atoms with Crippen molar-refractivity contribution < 1.29 is 9.15 Å². The molecule has 0 aliphatic rings. The van der Waals surface area contributed by atoms with Gasteiger partial charge in [-0.1, -0.05) is 17.7 Å². The third-order valence-corrected chi connectivity index (χ3v) is 3.61. The predicted molar refractivity (Wildman–Crippen MR) is 82.9 cm³/mol. The van der Waals surface area contributed by atoms with Crippen molar-refractivity contribution in [2.45, 2.75) is 6.04 Å². The maximum absolute atomic E-state index is 6.02. The molecule has 0 fully saturated rings. The summed E-state index contributed by atoms with van der Waals surface area (Å²) in [6.45, 7) is 0. The van der Waals surface area contributed by atoms with Gasteiger partial charge in [-0.2, -0.15) is 0 Å². The van der Waals surface area contributed by atoms with Crippen molar-refractivity contribution in [2.75, 3.05) is 14.2 Å². The molecule has 108 valence electrons. The number of rotatable bonds is 4. The lowest BCUT2D eigenvalue weighted by Gasteiger charge is -2.16. The fourth-order valence-electron chi connectivity index (χ4n) is 2.42. The Morgan fingerprint density at radius 2 is 2.14 bits per heavy atom. The minimum Gasteiger partial charge on any atom is -0.481 e. The third-order valence-electron chi connectivity index (χ3n) is 3.38. The second-order valence-corrected chi connectivity index (χ2v) is 5.09. The molecule has 1 N–H and O–H groups in total. The van der Waals surface area contributed by atoms with Gasteiger partial charge in [0.25, 0.3) is 0 Å². The molecular weight excluding hydrogens is 288 g/mol. The van der Waals surface area contributed by atoms with Gasteiger partial charge in [0.1, 0.15) is 11.3 Å². The number of halogens is 1. The highest BCUT2D eigenvalue weighted by Crippen LogP contribution is 2.32. The summed E-state index contributed by atoms with van der Waals surface area (Å²) in [4.78, 5) is 4.23. The van der Waals surface area contributed by atoms with Crippen LogP contribution in [0.1, 0.15) is 17.4 Å². The van der Waals surface area contributed by atoms with Crippen LogP contribution >= 0.6 is 11.6 Å². The van der Waals surface area contributed by atoms with Crippen LogP contribution in [-0.2, 0) is 0 Å². The number of nitrogens with one attached hydrogen (secondary N) is 1. The van der Waals surface area contributed by atoms with E-state index in [2.05, 4.69) is 10.3 Å².